The second-order valence-electron chi connectivity index (χ2n) is 6.58. The molecule has 0 saturated carbocycles. The molecule has 0 spiro atoms. The van der Waals surface area contributed by atoms with Crippen molar-refractivity contribution in [3.63, 3.8) is 0 Å². The molecule has 0 bridgehead atoms. The Morgan fingerprint density at radius 1 is 0.903 bits per heavy atom. The first-order valence-corrected chi connectivity index (χ1v) is 10.5. The van der Waals surface area contributed by atoms with Crippen molar-refractivity contribution < 1.29 is 23.3 Å². The summed E-state index contributed by atoms with van der Waals surface area (Å²) < 4.78 is 35.5. The summed E-state index contributed by atoms with van der Waals surface area (Å²) in [6, 6.07) is 11.8. The predicted molar refractivity (Wildman–Crippen MR) is 118 cm³/mol. The second kappa shape index (κ2) is 9.61. The molecule has 8 heteroatoms. The number of rotatable bonds is 9. The van der Waals surface area contributed by atoms with Gasteiger partial charge in [0, 0.05) is 23.4 Å². The van der Waals surface area contributed by atoms with E-state index in [1.807, 2.05) is 11.4 Å². The van der Waals surface area contributed by atoms with Crippen LogP contribution in [0, 0.1) is 5.82 Å². The van der Waals surface area contributed by atoms with Gasteiger partial charge in [-0.15, -0.1) is 11.3 Å². The molecule has 0 aliphatic heterocycles. The number of nitrogens with zero attached hydrogens (tertiary/aromatic N) is 2. The largest absolute Gasteiger partial charge is 0.493 e. The molecule has 4 aromatic rings. The van der Waals surface area contributed by atoms with Gasteiger partial charge in [0.15, 0.2) is 11.5 Å². The van der Waals surface area contributed by atoms with Crippen LogP contribution in [0.4, 0.5) is 4.39 Å². The van der Waals surface area contributed by atoms with E-state index < -0.39 is 0 Å². The van der Waals surface area contributed by atoms with Crippen LogP contribution >= 0.6 is 11.3 Å². The van der Waals surface area contributed by atoms with Crippen LogP contribution < -0.4 is 18.9 Å². The van der Waals surface area contributed by atoms with Gasteiger partial charge in [0.1, 0.15) is 22.7 Å². The highest BCUT2D eigenvalue weighted by atomic mass is 32.1. The van der Waals surface area contributed by atoms with Gasteiger partial charge in [-0.05, 0) is 29.8 Å². The molecule has 0 unspecified atom stereocenters. The van der Waals surface area contributed by atoms with Crippen LogP contribution in [0.2, 0.25) is 0 Å². The zero-order chi connectivity index (χ0) is 21.6. The van der Waals surface area contributed by atoms with Gasteiger partial charge >= 0.3 is 0 Å². The summed E-state index contributed by atoms with van der Waals surface area (Å²) in [6.07, 6.45) is 2.15. The van der Waals surface area contributed by atoms with Crippen LogP contribution in [0.1, 0.15) is 6.42 Å². The van der Waals surface area contributed by atoms with Crippen LogP contribution in [0.15, 0.2) is 54.2 Å². The maximum atomic E-state index is 13.3. The van der Waals surface area contributed by atoms with Crippen LogP contribution in [0.5, 0.6) is 23.1 Å². The van der Waals surface area contributed by atoms with Gasteiger partial charge < -0.3 is 18.9 Å². The molecule has 0 radical (unpaired) electrons. The highest BCUT2D eigenvalue weighted by molar-refractivity contribution is 7.17. The lowest BCUT2D eigenvalue weighted by Crippen LogP contribution is -2.06. The van der Waals surface area contributed by atoms with Crippen molar-refractivity contribution >= 4 is 21.6 Å². The number of hydrogen-bond donors (Lipinski definition) is 0. The van der Waals surface area contributed by atoms with E-state index in [9.17, 15) is 4.39 Å². The summed E-state index contributed by atoms with van der Waals surface area (Å²) in [5.41, 5.74) is 1.82. The molecule has 160 valence electrons. The van der Waals surface area contributed by atoms with E-state index in [1.54, 1.807) is 38.5 Å². The molecule has 2 aromatic carbocycles. The normalized spacial score (nSPS) is 10.8. The monoisotopic (exact) mass is 440 g/mol. The molecule has 0 aliphatic carbocycles. The first-order valence-electron chi connectivity index (χ1n) is 9.65. The van der Waals surface area contributed by atoms with E-state index in [-0.39, 0.29) is 5.82 Å². The third-order valence-corrected chi connectivity index (χ3v) is 5.53. The van der Waals surface area contributed by atoms with Gasteiger partial charge in [0.25, 0.3) is 0 Å². The van der Waals surface area contributed by atoms with Crippen molar-refractivity contribution in [1.82, 2.24) is 9.97 Å². The number of fused-ring (bicyclic) bond motifs is 1. The Bertz CT molecular complexity index is 1160. The average molecular weight is 440 g/mol. The first kappa shape index (κ1) is 20.9. The molecule has 0 fully saturated rings. The lowest BCUT2D eigenvalue weighted by atomic mass is 10.1. The fraction of sp³-hybridized carbons (Fsp3) is 0.217. The lowest BCUT2D eigenvalue weighted by molar-refractivity contribution is 0.243. The Morgan fingerprint density at radius 3 is 2.45 bits per heavy atom. The van der Waals surface area contributed by atoms with Crippen molar-refractivity contribution in [2.75, 3.05) is 27.4 Å². The molecule has 4 rings (SSSR count). The topological polar surface area (TPSA) is 62.7 Å². The van der Waals surface area contributed by atoms with E-state index in [2.05, 4.69) is 9.97 Å². The van der Waals surface area contributed by atoms with Crippen LogP contribution in [0.3, 0.4) is 0 Å². The van der Waals surface area contributed by atoms with Crippen molar-refractivity contribution in [1.29, 1.82) is 0 Å². The van der Waals surface area contributed by atoms with Gasteiger partial charge in [0.2, 0.25) is 5.88 Å². The van der Waals surface area contributed by atoms with Crippen LogP contribution in [-0.4, -0.2) is 37.4 Å². The summed E-state index contributed by atoms with van der Waals surface area (Å²) in [4.78, 5) is 9.46. The maximum Gasteiger partial charge on any atom is 0.225 e. The fourth-order valence-electron chi connectivity index (χ4n) is 3.12. The predicted octanol–water partition coefficient (Wildman–Crippen LogP) is 5.36. The first-order chi connectivity index (χ1) is 15.2. The Morgan fingerprint density at radius 2 is 1.68 bits per heavy atom. The number of benzene rings is 2. The zero-order valence-corrected chi connectivity index (χ0v) is 17.9. The molecular weight excluding hydrogens is 419 g/mol. The highest BCUT2D eigenvalue weighted by Gasteiger charge is 2.14. The minimum Gasteiger partial charge on any atom is -0.493 e. The van der Waals surface area contributed by atoms with E-state index in [0.717, 1.165) is 21.3 Å². The zero-order valence-electron chi connectivity index (χ0n) is 17.1. The third-order valence-electron chi connectivity index (χ3n) is 4.64. The Balaban J connectivity index is 1.39. The number of halogens is 1. The SMILES string of the molecule is COc1ccc(OCCCOc2ncnc3scc(-c4ccc(F)cc4)c23)cc1OC. The smallest absolute Gasteiger partial charge is 0.225 e. The van der Waals surface area contributed by atoms with Crippen LogP contribution in [0.25, 0.3) is 21.3 Å². The Kier molecular flexibility index (Phi) is 6.47. The molecule has 0 N–H and O–H groups in total. The standard InChI is InChI=1S/C23H21FN2O4S/c1-27-19-9-8-17(12-20(19)28-2)29-10-3-11-30-22-21-18(13-31-23(21)26-14-25-22)15-4-6-16(24)7-5-15/h4-9,12-14H,3,10-11H2,1-2H3. The quantitative estimate of drug-likeness (QED) is 0.327. The molecule has 0 aliphatic rings. The molecular formula is C23H21FN2O4S. The number of aromatic nitrogens is 2. The molecule has 2 aromatic heterocycles. The molecule has 0 amide bonds. The summed E-state index contributed by atoms with van der Waals surface area (Å²) in [6.45, 7) is 0.899. The van der Waals surface area contributed by atoms with E-state index >= 15 is 0 Å². The molecule has 0 saturated heterocycles. The summed E-state index contributed by atoms with van der Waals surface area (Å²) >= 11 is 1.50. The molecule has 6 nitrogen and oxygen atoms in total. The van der Waals surface area contributed by atoms with E-state index in [0.29, 0.717) is 42.8 Å². The molecule has 31 heavy (non-hydrogen) atoms. The van der Waals surface area contributed by atoms with Gasteiger partial charge in [-0.1, -0.05) is 12.1 Å². The van der Waals surface area contributed by atoms with Crippen molar-refractivity contribution in [3.8, 4) is 34.3 Å². The van der Waals surface area contributed by atoms with Crippen molar-refractivity contribution in [3.05, 3.63) is 60.0 Å². The lowest BCUT2D eigenvalue weighted by Gasteiger charge is -2.11. The second-order valence-corrected chi connectivity index (χ2v) is 7.44. The summed E-state index contributed by atoms with van der Waals surface area (Å²) in [7, 11) is 3.18. The molecule has 2 heterocycles. The van der Waals surface area contributed by atoms with E-state index in [1.165, 1.54) is 29.8 Å². The number of methoxy groups -OCH3 is 2. The Hall–Kier alpha value is -3.39. The minimum atomic E-state index is -0.273. The van der Waals surface area contributed by atoms with Crippen molar-refractivity contribution in [2.24, 2.45) is 0 Å². The summed E-state index contributed by atoms with van der Waals surface area (Å²) in [5.74, 6) is 2.20. The Labute approximate surface area is 183 Å². The van der Waals surface area contributed by atoms with Crippen molar-refractivity contribution in [2.45, 2.75) is 6.42 Å². The van der Waals surface area contributed by atoms with Gasteiger partial charge in [-0.2, -0.15) is 0 Å². The summed E-state index contributed by atoms with van der Waals surface area (Å²) in [5, 5.41) is 2.82. The van der Waals surface area contributed by atoms with E-state index in [4.69, 9.17) is 18.9 Å². The van der Waals surface area contributed by atoms with Crippen LogP contribution in [-0.2, 0) is 0 Å². The van der Waals surface area contributed by atoms with Gasteiger partial charge in [0.05, 0.1) is 32.8 Å². The number of thiophene rings is 1. The number of ether oxygens (including phenoxy) is 4. The third kappa shape index (κ3) is 4.69. The fourth-order valence-corrected chi connectivity index (χ4v) is 4.03. The average Bonchev–Trinajstić information content (AvgIpc) is 3.24. The minimum absolute atomic E-state index is 0.273. The van der Waals surface area contributed by atoms with Gasteiger partial charge in [-0.3, -0.25) is 0 Å². The maximum absolute atomic E-state index is 13.3. The van der Waals surface area contributed by atoms with Gasteiger partial charge in [-0.25, -0.2) is 14.4 Å². The number of hydrogen-bond acceptors (Lipinski definition) is 7. The molecule has 0 atom stereocenters. The highest BCUT2D eigenvalue weighted by Crippen LogP contribution is 2.37.